The average Bonchev–Trinajstić information content (AvgIpc) is 3.21. The summed E-state index contributed by atoms with van der Waals surface area (Å²) in [5.41, 5.74) is 4.84. The van der Waals surface area contributed by atoms with Crippen LogP contribution in [0.1, 0.15) is 31.3 Å². The van der Waals surface area contributed by atoms with Crippen molar-refractivity contribution in [2.75, 3.05) is 5.32 Å². The maximum absolute atomic E-state index is 12.6. The van der Waals surface area contributed by atoms with E-state index >= 15 is 0 Å². The van der Waals surface area contributed by atoms with Gasteiger partial charge in [-0.25, -0.2) is 4.98 Å². The number of carbonyl (C=O) groups is 2. The van der Waals surface area contributed by atoms with Gasteiger partial charge in [0, 0.05) is 10.4 Å². The van der Waals surface area contributed by atoms with E-state index in [2.05, 4.69) is 10.3 Å². The number of amides is 2. The molecule has 0 atom stereocenters. The number of anilines is 1. The zero-order valence-electron chi connectivity index (χ0n) is 13.8. The van der Waals surface area contributed by atoms with Crippen molar-refractivity contribution >= 4 is 28.2 Å². The molecule has 3 aromatic rings. The van der Waals surface area contributed by atoms with Crippen LogP contribution in [-0.4, -0.2) is 16.8 Å². The molecule has 140 valence electrons. The maximum Gasteiger partial charge on any atom is 0.416 e. The number of carbonyl (C=O) groups excluding carboxylic acids is 2. The molecule has 0 bridgehead atoms. The highest BCUT2D eigenvalue weighted by molar-refractivity contribution is 7.16. The van der Waals surface area contributed by atoms with E-state index in [1.54, 1.807) is 13.0 Å². The van der Waals surface area contributed by atoms with Crippen molar-refractivity contribution in [3.63, 3.8) is 0 Å². The highest BCUT2D eigenvalue weighted by Gasteiger charge is 2.30. The number of nitrogens with one attached hydrogen (secondary N) is 1. The molecule has 3 rings (SSSR count). The zero-order chi connectivity index (χ0) is 19.8. The van der Waals surface area contributed by atoms with Crippen LogP contribution in [0.5, 0.6) is 0 Å². The van der Waals surface area contributed by atoms with E-state index in [-0.39, 0.29) is 27.7 Å². The van der Waals surface area contributed by atoms with Gasteiger partial charge >= 0.3 is 6.18 Å². The van der Waals surface area contributed by atoms with Crippen LogP contribution >= 0.6 is 11.3 Å². The van der Waals surface area contributed by atoms with E-state index in [1.165, 1.54) is 23.5 Å². The van der Waals surface area contributed by atoms with Crippen LogP contribution in [0.25, 0.3) is 11.5 Å². The molecule has 2 heterocycles. The highest BCUT2D eigenvalue weighted by atomic mass is 32.1. The minimum atomic E-state index is -4.45. The smallest absolute Gasteiger partial charge is 0.416 e. The Kier molecular flexibility index (Phi) is 4.75. The van der Waals surface area contributed by atoms with Crippen LogP contribution in [0.2, 0.25) is 0 Å². The van der Waals surface area contributed by atoms with E-state index in [0.717, 1.165) is 23.3 Å². The summed E-state index contributed by atoms with van der Waals surface area (Å²) in [5.74, 6) is -1.33. The molecule has 27 heavy (non-hydrogen) atoms. The lowest BCUT2D eigenvalue weighted by Gasteiger charge is -2.06. The summed E-state index contributed by atoms with van der Waals surface area (Å²) >= 11 is 1.18. The van der Waals surface area contributed by atoms with Crippen LogP contribution in [0, 0.1) is 6.92 Å². The Balaban J connectivity index is 1.79. The number of hydrogen-bond acceptors (Lipinski definition) is 5. The van der Waals surface area contributed by atoms with Crippen molar-refractivity contribution in [1.82, 2.24) is 4.98 Å². The van der Waals surface area contributed by atoms with Gasteiger partial charge in [-0.15, -0.1) is 11.3 Å². The Bertz CT molecular complexity index is 1010. The number of aryl methyl sites for hydroxylation is 1. The van der Waals surface area contributed by atoms with Gasteiger partial charge in [-0.05, 0) is 37.3 Å². The number of primary amides is 1. The van der Waals surface area contributed by atoms with E-state index in [4.69, 9.17) is 10.2 Å². The Morgan fingerprint density at radius 3 is 2.48 bits per heavy atom. The molecule has 0 aliphatic carbocycles. The third kappa shape index (κ3) is 4.00. The molecular formula is C17H12F3N3O3S. The summed E-state index contributed by atoms with van der Waals surface area (Å²) in [6, 6.07) is 5.74. The lowest BCUT2D eigenvalue weighted by atomic mass is 10.1. The first-order valence-electron chi connectivity index (χ1n) is 7.50. The first-order valence-corrected chi connectivity index (χ1v) is 8.31. The first-order chi connectivity index (χ1) is 12.6. The van der Waals surface area contributed by atoms with Gasteiger partial charge in [-0.3, -0.25) is 9.59 Å². The molecule has 2 aromatic heterocycles. The molecule has 0 aliphatic rings. The Morgan fingerprint density at radius 1 is 1.22 bits per heavy atom. The number of nitrogens with two attached hydrogens (primary N) is 1. The molecule has 0 saturated heterocycles. The number of halogens is 3. The third-order valence-corrected chi connectivity index (χ3v) is 4.51. The fraction of sp³-hybridized carbons (Fsp3) is 0.118. The Hall–Kier alpha value is -3.14. The number of benzene rings is 1. The van der Waals surface area contributed by atoms with Crippen LogP contribution < -0.4 is 11.1 Å². The average molecular weight is 395 g/mol. The minimum absolute atomic E-state index is 0.00800. The number of thiophene rings is 1. The van der Waals surface area contributed by atoms with Crippen molar-refractivity contribution in [3.8, 4) is 11.5 Å². The molecule has 10 heteroatoms. The topological polar surface area (TPSA) is 98.2 Å². The van der Waals surface area contributed by atoms with E-state index in [1.807, 2.05) is 0 Å². The molecule has 0 radical (unpaired) electrons. The monoisotopic (exact) mass is 395 g/mol. The SMILES string of the molecule is Cc1cc(C(N)=O)c(NC(=O)c2coc(-c3ccc(C(F)(F)F)cc3)n2)s1. The molecular weight excluding hydrogens is 383 g/mol. The first kappa shape index (κ1) is 18.6. The number of oxazole rings is 1. The van der Waals surface area contributed by atoms with Gasteiger partial charge in [-0.1, -0.05) is 0 Å². The van der Waals surface area contributed by atoms with Crippen molar-refractivity contribution in [2.45, 2.75) is 13.1 Å². The normalized spacial score (nSPS) is 11.4. The molecule has 6 nitrogen and oxygen atoms in total. The summed E-state index contributed by atoms with van der Waals surface area (Å²) in [4.78, 5) is 28.5. The molecule has 0 unspecified atom stereocenters. The fourth-order valence-corrected chi connectivity index (χ4v) is 3.18. The minimum Gasteiger partial charge on any atom is -0.444 e. The highest BCUT2D eigenvalue weighted by Crippen LogP contribution is 2.31. The van der Waals surface area contributed by atoms with Gasteiger partial charge in [0.25, 0.3) is 11.8 Å². The van der Waals surface area contributed by atoms with Crippen LogP contribution in [0.15, 0.2) is 41.0 Å². The lowest BCUT2D eigenvalue weighted by molar-refractivity contribution is -0.137. The second kappa shape index (κ2) is 6.88. The second-order valence-electron chi connectivity index (χ2n) is 5.53. The quantitative estimate of drug-likeness (QED) is 0.695. The Labute approximate surface area is 154 Å². The molecule has 2 amide bonds. The molecule has 0 aliphatic heterocycles. The van der Waals surface area contributed by atoms with Crippen LogP contribution in [0.3, 0.4) is 0 Å². The van der Waals surface area contributed by atoms with Crippen LogP contribution in [0.4, 0.5) is 18.2 Å². The van der Waals surface area contributed by atoms with Crippen molar-refractivity contribution in [3.05, 3.63) is 58.3 Å². The third-order valence-electron chi connectivity index (χ3n) is 3.54. The maximum atomic E-state index is 12.6. The van der Waals surface area contributed by atoms with Crippen LogP contribution in [-0.2, 0) is 6.18 Å². The van der Waals surface area contributed by atoms with Gasteiger partial charge in [0.2, 0.25) is 5.89 Å². The molecule has 0 spiro atoms. The van der Waals surface area contributed by atoms with Gasteiger partial charge < -0.3 is 15.5 Å². The fourth-order valence-electron chi connectivity index (χ4n) is 2.27. The molecule has 3 N–H and O–H groups in total. The second-order valence-corrected chi connectivity index (χ2v) is 6.79. The summed E-state index contributed by atoms with van der Waals surface area (Å²) in [6.45, 7) is 1.76. The van der Waals surface area contributed by atoms with Gasteiger partial charge in [0.05, 0.1) is 11.1 Å². The van der Waals surface area contributed by atoms with Crippen molar-refractivity contribution < 1.29 is 27.2 Å². The summed E-state index contributed by atoms with van der Waals surface area (Å²) in [6.07, 6.45) is -3.37. The van der Waals surface area contributed by atoms with E-state index in [0.29, 0.717) is 0 Å². The number of aromatic nitrogens is 1. The predicted octanol–water partition coefficient (Wildman–Crippen LogP) is 4.08. The predicted molar refractivity (Wildman–Crippen MR) is 92.5 cm³/mol. The van der Waals surface area contributed by atoms with Gasteiger partial charge in [0.1, 0.15) is 11.3 Å². The molecule has 0 saturated carbocycles. The summed E-state index contributed by atoms with van der Waals surface area (Å²) in [5, 5.41) is 2.81. The number of alkyl halides is 3. The lowest BCUT2D eigenvalue weighted by Crippen LogP contribution is -2.16. The standard InChI is InChI=1S/C17H12F3N3O3S/c1-8-6-11(13(21)24)16(27-8)23-14(25)12-7-26-15(22-12)9-2-4-10(5-3-9)17(18,19)20/h2-7H,1H3,(H2,21,24)(H,23,25). The number of hydrogen-bond donors (Lipinski definition) is 2. The summed E-state index contributed by atoms with van der Waals surface area (Å²) < 4.78 is 43.0. The summed E-state index contributed by atoms with van der Waals surface area (Å²) in [7, 11) is 0. The Morgan fingerprint density at radius 2 is 1.89 bits per heavy atom. The largest absolute Gasteiger partial charge is 0.444 e. The molecule has 1 aromatic carbocycles. The van der Waals surface area contributed by atoms with E-state index < -0.39 is 23.6 Å². The van der Waals surface area contributed by atoms with Gasteiger partial charge in [0.15, 0.2) is 5.69 Å². The zero-order valence-corrected chi connectivity index (χ0v) is 14.6. The van der Waals surface area contributed by atoms with Gasteiger partial charge in [-0.2, -0.15) is 13.2 Å². The van der Waals surface area contributed by atoms with Crippen molar-refractivity contribution in [1.29, 1.82) is 0 Å². The number of nitrogens with zero attached hydrogens (tertiary/aromatic N) is 1. The van der Waals surface area contributed by atoms with E-state index in [9.17, 15) is 22.8 Å². The molecule has 0 fully saturated rings. The van der Waals surface area contributed by atoms with Crippen molar-refractivity contribution in [2.24, 2.45) is 5.73 Å². The number of rotatable bonds is 4.